The molecule has 132 valence electrons. The summed E-state index contributed by atoms with van der Waals surface area (Å²) in [5.41, 5.74) is 0. The highest BCUT2D eigenvalue weighted by molar-refractivity contribution is 5.81. The quantitative estimate of drug-likeness (QED) is 0.716. The molecule has 1 amide bonds. The molecule has 1 heterocycles. The van der Waals surface area contributed by atoms with Crippen LogP contribution in [-0.2, 0) is 14.3 Å². The van der Waals surface area contributed by atoms with Crippen molar-refractivity contribution in [1.29, 1.82) is 0 Å². The van der Waals surface area contributed by atoms with Gasteiger partial charge in [-0.05, 0) is 37.8 Å². The lowest BCUT2D eigenvalue weighted by Gasteiger charge is -2.35. The summed E-state index contributed by atoms with van der Waals surface area (Å²) in [6.07, 6.45) is 4.10. The summed E-state index contributed by atoms with van der Waals surface area (Å²) in [5, 5.41) is 0. The normalized spacial score (nSPS) is 17.2. The lowest BCUT2D eigenvalue weighted by atomic mass is 10.00. The summed E-state index contributed by atoms with van der Waals surface area (Å²) in [7, 11) is 1.53. The Labute approximate surface area is 142 Å². The number of hydrogen-bond donors (Lipinski definition) is 0. The maximum absolute atomic E-state index is 12.2. The first kappa shape index (κ1) is 18.1. The highest BCUT2D eigenvalue weighted by Crippen LogP contribution is 2.25. The summed E-state index contributed by atoms with van der Waals surface area (Å²) >= 11 is 0. The van der Waals surface area contributed by atoms with Crippen molar-refractivity contribution in [3.05, 3.63) is 24.3 Å². The first-order valence-electron chi connectivity index (χ1n) is 8.36. The van der Waals surface area contributed by atoms with Crippen LogP contribution in [0.15, 0.2) is 24.3 Å². The maximum atomic E-state index is 12.2. The lowest BCUT2D eigenvalue weighted by Crippen LogP contribution is -2.45. The molecular formula is C18H25NO5. The molecule has 0 saturated carbocycles. The van der Waals surface area contributed by atoms with Gasteiger partial charge >= 0.3 is 5.97 Å². The molecule has 0 spiro atoms. The monoisotopic (exact) mass is 335 g/mol. The Hall–Kier alpha value is -2.24. The van der Waals surface area contributed by atoms with E-state index >= 15 is 0 Å². The van der Waals surface area contributed by atoms with Gasteiger partial charge < -0.3 is 19.1 Å². The van der Waals surface area contributed by atoms with Crippen molar-refractivity contribution in [3.8, 4) is 11.5 Å². The van der Waals surface area contributed by atoms with Crippen molar-refractivity contribution < 1.29 is 23.8 Å². The van der Waals surface area contributed by atoms with Gasteiger partial charge in [0.1, 0.15) is 0 Å². The number of carbonyl (C=O) groups excluding carboxylic acids is 2. The topological polar surface area (TPSA) is 65.1 Å². The number of nitrogens with zero attached hydrogens (tertiary/aromatic N) is 1. The predicted molar refractivity (Wildman–Crippen MR) is 89.1 cm³/mol. The molecule has 6 heteroatoms. The minimum atomic E-state index is -0.570. The molecular weight excluding hydrogens is 310 g/mol. The Morgan fingerprint density at radius 2 is 1.92 bits per heavy atom. The Bertz CT molecular complexity index is 560. The number of esters is 1. The van der Waals surface area contributed by atoms with E-state index in [4.69, 9.17) is 14.2 Å². The molecule has 1 aliphatic rings. The lowest BCUT2D eigenvalue weighted by molar-refractivity contribution is -0.155. The van der Waals surface area contributed by atoms with E-state index in [-0.39, 0.29) is 25.2 Å². The number of benzene rings is 1. The highest BCUT2D eigenvalue weighted by atomic mass is 16.6. The molecule has 1 fully saturated rings. The molecule has 1 aromatic rings. The highest BCUT2D eigenvalue weighted by Gasteiger charge is 2.25. The number of para-hydroxylation sites is 2. The standard InChI is InChI=1S/C18H25NO5/c1-3-14-8-6-7-11-19(14)17(20)12-24-18(21)13-23-16-10-5-4-9-15(16)22-2/h4-5,9-10,14H,3,6-8,11-13H2,1-2H3/t14-/m1/s1. The summed E-state index contributed by atoms with van der Waals surface area (Å²) in [4.78, 5) is 25.9. The Balaban J connectivity index is 1.77. The maximum Gasteiger partial charge on any atom is 0.344 e. The number of methoxy groups -OCH3 is 1. The van der Waals surface area contributed by atoms with Crippen molar-refractivity contribution in [2.24, 2.45) is 0 Å². The van der Waals surface area contributed by atoms with Crippen LogP contribution in [0.25, 0.3) is 0 Å². The van der Waals surface area contributed by atoms with E-state index in [1.165, 1.54) is 7.11 Å². The van der Waals surface area contributed by atoms with Crippen LogP contribution in [0.1, 0.15) is 32.6 Å². The van der Waals surface area contributed by atoms with Crippen LogP contribution in [0.4, 0.5) is 0 Å². The van der Waals surface area contributed by atoms with Gasteiger partial charge in [0.15, 0.2) is 24.7 Å². The molecule has 0 radical (unpaired) electrons. The van der Waals surface area contributed by atoms with Gasteiger partial charge in [-0.15, -0.1) is 0 Å². The van der Waals surface area contributed by atoms with Gasteiger partial charge in [-0.1, -0.05) is 19.1 Å². The Kier molecular flexibility index (Phi) is 6.90. The van der Waals surface area contributed by atoms with Crippen molar-refractivity contribution in [2.45, 2.75) is 38.6 Å². The number of carbonyl (C=O) groups is 2. The van der Waals surface area contributed by atoms with Crippen molar-refractivity contribution in [1.82, 2.24) is 4.90 Å². The van der Waals surface area contributed by atoms with Gasteiger partial charge in [0.05, 0.1) is 7.11 Å². The third-order valence-electron chi connectivity index (χ3n) is 4.19. The third-order valence-corrected chi connectivity index (χ3v) is 4.19. The average Bonchev–Trinajstić information content (AvgIpc) is 2.64. The van der Waals surface area contributed by atoms with Crippen molar-refractivity contribution >= 4 is 11.9 Å². The molecule has 0 aliphatic carbocycles. The summed E-state index contributed by atoms with van der Waals surface area (Å²) in [5.74, 6) is 0.303. The van der Waals surface area contributed by atoms with E-state index in [1.807, 2.05) is 11.0 Å². The van der Waals surface area contributed by atoms with E-state index < -0.39 is 5.97 Å². The van der Waals surface area contributed by atoms with Crippen LogP contribution in [0.3, 0.4) is 0 Å². The van der Waals surface area contributed by atoms with Crippen LogP contribution in [0.5, 0.6) is 11.5 Å². The molecule has 1 aromatic carbocycles. The molecule has 24 heavy (non-hydrogen) atoms. The van der Waals surface area contributed by atoms with Crippen molar-refractivity contribution in [2.75, 3.05) is 26.9 Å². The van der Waals surface area contributed by atoms with Crippen molar-refractivity contribution in [3.63, 3.8) is 0 Å². The summed E-state index contributed by atoms with van der Waals surface area (Å²) < 4.78 is 15.6. The average molecular weight is 335 g/mol. The molecule has 6 nitrogen and oxygen atoms in total. The van der Waals surface area contributed by atoms with E-state index in [0.717, 1.165) is 32.2 Å². The number of likely N-dealkylation sites (tertiary alicyclic amines) is 1. The minimum Gasteiger partial charge on any atom is -0.493 e. The number of amides is 1. The van der Waals surface area contributed by atoms with Gasteiger partial charge in [0.25, 0.3) is 5.91 Å². The molecule has 1 saturated heterocycles. The van der Waals surface area contributed by atoms with Crippen LogP contribution in [0, 0.1) is 0 Å². The van der Waals surface area contributed by atoms with Gasteiger partial charge in [-0.2, -0.15) is 0 Å². The summed E-state index contributed by atoms with van der Waals surface area (Å²) in [6.45, 7) is 2.32. The number of piperidine rings is 1. The Morgan fingerprint density at radius 3 is 2.62 bits per heavy atom. The van der Waals surface area contributed by atoms with Crippen LogP contribution in [0.2, 0.25) is 0 Å². The molecule has 0 unspecified atom stereocenters. The zero-order valence-corrected chi connectivity index (χ0v) is 14.3. The predicted octanol–water partition coefficient (Wildman–Crippen LogP) is 2.41. The van der Waals surface area contributed by atoms with Crippen LogP contribution in [-0.4, -0.2) is 49.7 Å². The second-order valence-electron chi connectivity index (χ2n) is 5.75. The molecule has 1 aliphatic heterocycles. The number of rotatable bonds is 7. The first-order chi connectivity index (χ1) is 11.7. The van der Waals surface area contributed by atoms with E-state index in [9.17, 15) is 9.59 Å². The smallest absolute Gasteiger partial charge is 0.344 e. The van der Waals surface area contributed by atoms with Crippen LogP contribution >= 0.6 is 0 Å². The molecule has 0 bridgehead atoms. The SMILES string of the molecule is CC[C@@H]1CCCCN1C(=O)COC(=O)COc1ccccc1OC. The number of hydrogen-bond acceptors (Lipinski definition) is 5. The van der Waals surface area contributed by atoms with E-state index in [2.05, 4.69) is 6.92 Å². The zero-order chi connectivity index (χ0) is 17.4. The number of ether oxygens (including phenoxy) is 3. The summed E-state index contributed by atoms with van der Waals surface area (Å²) in [6, 6.07) is 7.30. The fraction of sp³-hybridized carbons (Fsp3) is 0.556. The third kappa shape index (κ3) is 4.88. The first-order valence-corrected chi connectivity index (χ1v) is 8.36. The largest absolute Gasteiger partial charge is 0.493 e. The Morgan fingerprint density at radius 1 is 1.17 bits per heavy atom. The fourth-order valence-electron chi connectivity index (χ4n) is 2.89. The second-order valence-corrected chi connectivity index (χ2v) is 5.75. The van der Waals surface area contributed by atoms with Gasteiger partial charge in [0.2, 0.25) is 0 Å². The molecule has 2 rings (SSSR count). The molecule has 1 atom stereocenters. The minimum absolute atomic E-state index is 0.132. The zero-order valence-electron chi connectivity index (χ0n) is 14.3. The molecule has 0 aromatic heterocycles. The fourth-order valence-corrected chi connectivity index (χ4v) is 2.89. The van der Waals surface area contributed by atoms with Gasteiger partial charge in [-0.3, -0.25) is 4.79 Å². The van der Waals surface area contributed by atoms with Crippen LogP contribution < -0.4 is 9.47 Å². The second kappa shape index (κ2) is 9.15. The van der Waals surface area contributed by atoms with E-state index in [1.54, 1.807) is 18.2 Å². The van der Waals surface area contributed by atoms with Gasteiger partial charge in [-0.25, -0.2) is 4.79 Å². The molecule has 0 N–H and O–H groups in total. The van der Waals surface area contributed by atoms with Gasteiger partial charge in [0, 0.05) is 12.6 Å². The van der Waals surface area contributed by atoms with E-state index in [0.29, 0.717) is 11.5 Å².